The van der Waals surface area contributed by atoms with E-state index >= 15 is 0 Å². The monoisotopic (exact) mass is 475 g/mol. The highest BCUT2D eigenvalue weighted by atomic mass is 16.2. The smallest absolute Gasteiger partial charge is 0.254 e. The number of aromatic nitrogens is 2. The molecule has 2 amide bonds. The van der Waals surface area contributed by atoms with E-state index in [0.29, 0.717) is 12.8 Å². The Bertz CT molecular complexity index is 1170. The van der Waals surface area contributed by atoms with Crippen molar-refractivity contribution in [1.29, 1.82) is 5.26 Å². The number of hydrogen-bond acceptors (Lipinski definition) is 8. The van der Waals surface area contributed by atoms with Gasteiger partial charge in [0.05, 0.1) is 30.3 Å². The third kappa shape index (κ3) is 4.89. The van der Waals surface area contributed by atoms with E-state index in [9.17, 15) is 14.9 Å². The molecule has 2 aliphatic heterocycles. The third-order valence-electron chi connectivity index (χ3n) is 6.97. The fourth-order valence-corrected chi connectivity index (χ4v) is 4.66. The number of hydrazine groups is 1. The Morgan fingerprint density at radius 3 is 2.57 bits per heavy atom. The minimum Gasteiger partial charge on any atom is -0.365 e. The van der Waals surface area contributed by atoms with Crippen molar-refractivity contribution in [1.82, 2.24) is 20.1 Å². The molecule has 0 spiro atoms. The summed E-state index contributed by atoms with van der Waals surface area (Å²) >= 11 is 0. The standard InChI is InChI=1S/C24H29N9O2/c25-10-7-24(32-16-20(21(26)34)22(30-32)29-23(35)18-3-4-18)8-13-31(14-9-24)15-17-1-5-19(6-2-17)33-27-11-12-28-33/h1-2,5-6,11,16,18,28H,3-4,7-9,12-15H2,(H2,26,34)(H,29,30,35). The molecule has 3 heterocycles. The molecule has 35 heavy (non-hydrogen) atoms. The van der Waals surface area contributed by atoms with E-state index in [2.05, 4.69) is 44.0 Å². The first-order valence-electron chi connectivity index (χ1n) is 11.9. The summed E-state index contributed by atoms with van der Waals surface area (Å²) in [6, 6.07) is 10.6. The van der Waals surface area contributed by atoms with Crippen molar-refractivity contribution >= 4 is 29.5 Å². The quantitative estimate of drug-likeness (QED) is 0.525. The van der Waals surface area contributed by atoms with Gasteiger partial charge in [-0.25, -0.2) is 5.43 Å². The summed E-state index contributed by atoms with van der Waals surface area (Å²) in [4.78, 5) is 26.7. The minimum atomic E-state index is -0.648. The molecule has 1 saturated heterocycles. The van der Waals surface area contributed by atoms with Crippen LogP contribution < -0.4 is 21.6 Å². The second-order valence-corrected chi connectivity index (χ2v) is 9.44. The molecule has 0 atom stereocenters. The average Bonchev–Trinajstić information content (AvgIpc) is 3.39. The van der Waals surface area contributed by atoms with E-state index in [4.69, 9.17) is 5.73 Å². The van der Waals surface area contributed by atoms with Gasteiger partial charge >= 0.3 is 0 Å². The molecule has 2 aromatic rings. The lowest BCUT2D eigenvalue weighted by Gasteiger charge is -2.40. The zero-order valence-electron chi connectivity index (χ0n) is 19.5. The van der Waals surface area contributed by atoms with Gasteiger partial charge in [0, 0.05) is 38.0 Å². The summed E-state index contributed by atoms with van der Waals surface area (Å²) in [5.41, 5.74) is 10.5. The number of piperidine rings is 1. The number of nitriles is 1. The summed E-state index contributed by atoms with van der Waals surface area (Å²) < 4.78 is 1.69. The van der Waals surface area contributed by atoms with Gasteiger partial charge in [-0.3, -0.25) is 19.2 Å². The number of nitrogens with two attached hydrogens (primary N) is 1. The number of carbonyl (C=O) groups excluding carboxylic acids is 2. The molecule has 182 valence electrons. The van der Waals surface area contributed by atoms with E-state index in [1.165, 1.54) is 5.56 Å². The van der Waals surface area contributed by atoms with E-state index in [1.807, 2.05) is 18.3 Å². The van der Waals surface area contributed by atoms with Crippen LogP contribution in [0.4, 0.5) is 11.5 Å². The molecule has 0 unspecified atom stereocenters. The van der Waals surface area contributed by atoms with Gasteiger partial charge in [-0.2, -0.15) is 20.6 Å². The van der Waals surface area contributed by atoms with Gasteiger partial charge in [-0.1, -0.05) is 12.1 Å². The molecule has 0 bridgehead atoms. The van der Waals surface area contributed by atoms with Crippen molar-refractivity contribution in [2.24, 2.45) is 16.8 Å². The number of amides is 2. The summed E-state index contributed by atoms with van der Waals surface area (Å²) in [6.45, 7) is 3.08. The number of likely N-dealkylation sites (tertiary alicyclic amines) is 1. The number of carbonyl (C=O) groups is 2. The molecule has 3 aliphatic rings. The fourth-order valence-electron chi connectivity index (χ4n) is 4.66. The normalized spacial score (nSPS) is 19.5. The number of nitrogens with zero attached hydrogens (tertiary/aromatic N) is 6. The molecule has 1 saturated carbocycles. The van der Waals surface area contributed by atoms with Gasteiger partial charge in [0.25, 0.3) is 5.91 Å². The van der Waals surface area contributed by atoms with Crippen LogP contribution in [0.15, 0.2) is 35.6 Å². The van der Waals surface area contributed by atoms with Crippen molar-refractivity contribution in [2.45, 2.75) is 44.2 Å². The van der Waals surface area contributed by atoms with E-state index in [-0.39, 0.29) is 29.6 Å². The molecule has 1 aliphatic carbocycles. The topological polar surface area (TPSA) is 145 Å². The van der Waals surface area contributed by atoms with Crippen LogP contribution in [0, 0.1) is 17.2 Å². The van der Waals surface area contributed by atoms with Crippen LogP contribution in [-0.2, 0) is 16.9 Å². The average molecular weight is 476 g/mol. The van der Waals surface area contributed by atoms with Crippen molar-refractivity contribution in [3.8, 4) is 6.07 Å². The Kier molecular flexibility index (Phi) is 6.23. The Labute approximate surface area is 203 Å². The predicted octanol–water partition coefficient (Wildman–Crippen LogP) is 1.55. The molecule has 1 aromatic carbocycles. The fraction of sp³-hybridized carbons (Fsp3) is 0.458. The molecular formula is C24H29N9O2. The van der Waals surface area contributed by atoms with Crippen molar-refractivity contribution in [2.75, 3.05) is 30.1 Å². The predicted molar refractivity (Wildman–Crippen MR) is 130 cm³/mol. The SMILES string of the molecule is N#CCC1(n2cc(C(N)=O)c(NC(=O)C3CC3)n2)CCN(Cc2ccc(N3N=CCN3)cc2)CC1. The van der Waals surface area contributed by atoms with Gasteiger partial charge in [0.2, 0.25) is 5.91 Å². The Morgan fingerprint density at radius 1 is 1.23 bits per heavy atom. The highest BCUT2D eigenvalue weighted by molar-refractivity contribution is 6.02. The van der Waals surface area contributed by atoms with Crippen molar-refractivity contribution in [3.05, 3.63) is 41.6 Å². The number of rotatable bonds is 8. The molecular weight excluding hydrogens is 446 g/mol. The van der Waals surface area contributed by atoms with Gasteiger partial charge in [0.1, 0.15) is 5.56 Å². The van der Waals surface area contributed by atoms with Gasteiger partial charge in [0.15, 0.2) is 5.82 Å². The molecule has 11 nitrogen and oxygen atoms in total. The Morgan fingerprint density at radius 2 is 1.97 bits per heavy atom. The van der Waals surface area contributed by atoms with Gasteiger partial charge in [-0.15, -0.1) is 0 Å². The maximum absolute atomic E-state index is 12.3. The zero-order chi connectivity index (χ0) is 24.4. The summed E-state index contributed by atoms with van der Waals surface area (Å²) in [7, 11) is 0. The van der Waals surface area contributed by atoms with Crippen LogP contribution in [0.5, 0.6) is 0 Å². The highest BCUT2D eigenvalue weighted by Crippen LogP contribution is 2.36. The zero-order valence-corrected chi connectivity index (χ0v) is 19.5. The van der Waals surface area contributed by atoms with Crippen LogP contribution in [0.2, 0.25) is 0 Å². The summed E-state index contributed by atoms with van der Waals surface area (Å²) in [6.07, 6.45) is 6.75. The Balaban J connectivity index is 1.27. The number of anilines is 2. The number of benzene rings is 1. The first-order valence-corrected chi connectivity index (χ1v) is 11.9. The van der Waals surface area contributed by atoms with E-state index < -0.39 is 11.4 Å². The maximum atomic E-state index is 12.3. The lowest BCUT2D eigenvalue weighted by Crippen LogP contribution is -2.46. The van der Waals surface area contributed by atoms with Crippen molar-refractivity contribution < 1.29 is 9.59 Å². The van der Waals surface area contributed by atoms with Crippen LogP contribution in [0.3, 0.4) is 0 Å². The van der Waals surface area contributed by atoms with Gasteiger partial charge in [-0.05, 0) is 43.4 Å². The Hall–Kier alpha value is -3.75. The van der Waals surface area contributed by atoms with Crippen LogP contribution in [0.1, 0.15) is 48.0 Å². The number of hydrazone groups is 1. The number of hydrogen-bond donors (Lipinski definition) is 3. The molecule has 5 rings (SSSR count). The summed E-state index contributed by atoms with van der Waals surface area (Å²) in [5, 5.41) is 22.9. The highest BCUT2D eigenvalue weighted by Gasteiger charge is 2.39. The molecule has 4 N–H and O–H groups in total. The lowest BCUT2D eigenvalue weighted by atomic mass is 9.84. The van der Waals surface area contributed by atoms with Crippen molar-refractivity contribution in [3.63, 3.8) is 0 Å². The second-order valence-electron chi connectivity index (χ2n) is 9.44. The largest absolute Gasteiger partial charge is 0.365 e. The van der Waals surface area contributed by atoms with E-state index in [0.717, 1.165) is 44.7 Å². The second kappa shape index (κ2) is 9.48. The molecule has 0 radical (unpaired) electrons. The van der Waals surface area contributed by atoms with E-state index in [1.54, 1.807) is 16.0 Å². The van der Waals surface area contributed by atoms with Crippen LogP contribution in [0.25, 0.3) is 0 Å². The summed E-state index contributed by atoms with van der Waals surface area (Å²) in [5.74, 6) is -0.623. The maximum Gasteiger partial charge on any atom is 0.254 e. The first kappa shape index (κ1) is 23.0. The molecule has 1 aromatic heterocycles. The molecule has 11 heteroatoms. The van der Waals surface area contributed by atoms with Crippen LogP contribution in [-0.4, -0.2) is 52.3 Å². The van der Waals surface area contributed by atoms with Gasteiger partial charge < -0.3 is 11.1 Å². The third-order valence-corrected chi connectivity index (χ3v) is 6.97. The minimum absolute atomic E-state index is 0.0226. The lowest BCUT2D eigenvalue weighted by molar-refractivity contribution is -0.117. The first-order chi connectivity index (χ1) is 17.0. The number of nitrogens with one attached hydrogen (secondary N) is 2. The number of primary amides is 1. The molecule has 2 fully saturated rings. The van der Waals surface area contributed by atoms with Crippen LogP contribution >= 0.6 is 0 Å².